The molecule has 0 unspecified atom stereocenters. The Hall–Kier alpha value is -1.78. The van der Waals surface area contributed by atoms with E-state index in [-0.39, 0.29) is 5.91 Å². The van der Waals surface area contributed by atoms with Crippen LogP contribution < -0.4 is 10.6 Å². The van der Waals surface area contributed by atoms with Crippen LogP contribution in [0.25, 0.3) is 0 Å². The number of amides is 1. The number of carbonyl (C=O) groups is 1. The molecule has 0 aliphatic rings. The van der Waals surface area contributed by atoms with Crippen molar-refractivity contribution in [1.82, 2.24) is 4.98 Å². The SMILES string of the molecule is CCCCCNc1cncc(C(=O)Nc2cccc(Cl)c2Cl)c1. The summed E-state index contributed by atoms with van der Waals surface area (Å²) >= 11 is 12.0. The van der Waals surface area contributed by atoms with Crippen molar-refractivity contribution in [3.63, 3.8) is 0 Å². The fourth-order valence-electron chi connectivity index (χ4n) is 2.06. The highest BCUT2D eigenvalue weighted by Gasteiger charge is 2.11. The molecule has 1 aromatic heterocycles. The van der Waals surface area contributed by atoms with Gasteiger partial charge in [0.05, 0.1) is 27.0 Å². The van der Waals surface area contributed by atoms with Gasteiger partial charge in [-0.3, -0.25) is 9.78 Å². The van der Waals surface area contributed by atoms with E-state index < -0.39 is 0 Å². The van der Waals surface area contributed by atoms with Gasteiger partial charge in [0.15, 0.2) is 0 Å². The number of nitrogens with one attached hydrogen (secondary N) is 2. The molecule has 0 fully saturated rings. The molecule has 1 heterocycles. The topological polar surface area (TPSA) is 54.0 Å². The molecule has 0 spiro atoms. The second-order valence-electron chi connectivity index (χ2n) is 5.15. The number of nitrogens with zero attached hydrogens (tertiary/aromatic N) is 1. The molecule has 4 nitrogen and oxygen atoms in total. The summed E-state index contributed by atoms with van der Waals surface area (Å²) in [6.45, 7) is 3.02. The Morgan fingerprint density at radius 3 is 2.83 bits per heavy atom. The second-order valence-corrected chi connectivity index (χ2v) is 5.94. The molecule has 0 atom stereocenters. The number of rotatable bonds is 7. The standard InChI is InChI=1S/C17H19Cl2N3O/c1-2-3-4-8-21-13-9-12(10-20-11-13)17(23)22-15-7-5-6-14(18)16(15)19/h5-7,9-11,21H,2-4,8H2,1H3,(H,22,23). The molecular formula is C17H19Cl2N3O. The fourth-order valence-corrected chi connectivity index (χ4v) is 2.41. The van der Waals surface area contributed by atoms with E-state index in [4.69, 9.17) is 23.2 Å². The lowest BCUT2D eigenvalue weighted by molar-refractivity contribution is 0.102. The molecule has 0 saturated carbocycles. The minimum absolute atomic E-state index is 0.279. The Labute approximate surface area is 146 Å². The van der Waals surface area contributed by atoms with Crippen LogP contribution in [0.1, 0.15) is 36.5 Å². The smallest absolute Gasteiger partial charge is 0.257 e. The Morgan fingerprint density at radius 1 is 1.22 bits per heavy atom. The molecule has 2 N–H and O–H groups in total. The Kier molecular flexibility index (Phi) is 6.68. The normalized spacial score (nSPS) is 10.4. The summed E-state index contributed by atoms with van der Waals surface area (Å²) in [5, 5.41) is 6.74. The summed E-state index contributed by atoms with van der Waals surface area (Å²) in [6.07, 6.45) is 6.65. The van der Waals surface area contributed by atoms with Crippen molar-refractivity contribution in [2.45, 2.75) is 26.2 Å². The number of anilines is 2. The predicted molar refractivity (Wildman–Crippen MR) is 96.7 cm³/mol. The lowest BCUT2D eigenvalue weighted by atomic mass is 10.2. The lowest BCUT2D eigenvalue weighted by Crippen LogP contribution is -2.13. The quantitative estimate of drug-likeness (QED) is 0.670. The summed E-state index contributed by atoms with van der Waals surface area (Å²) in [6, 6.07) is 6.87. The van der Waals surface area contributed by atoms with E-state index in [2.05, 4.69) is 22.5 Å². The molecule has 1 aromatic carbocycles. The van der Waals surface area contributed by atoms with Crippen molar-refractivity contribution in [1.29, 1.82) is 0 Å². The molecule has 0 bridgehead atoms. The highest BCUT2D eigenvalue weighted by molar-refractivity contribution is 6.44. The van der Waals surface area contributed by atoms with Gasteiger partial charge >= 0.3 is 0 Å². The third-order valence-electron chi connectivity index (χ3n) is 3.31. The average Bonchev–Trinajstić information content (AvgIpc) is 2.56. The zero-order chi connectivity index (χ0) is 16.7. The van der Waals surface area contributed by atoms with Crippen LogP contribution in [-0.2, 0) is 0 Å². The van der Waals surface area contributed by atoms with Crippen molar-refractivity contribution in [2.75, 3.05) is 17.2 Å². The molecule has 2 rings (SSSR count). The molecule has 0 aliphatic heterocycles. The maximum atomic E-state index is 12.3. The van der Waals surface area contributed by atoms with Gasteiger partial charge in [0.2, 0.25) is 0 Å². The minimum Gasteiger partial charge on any atom is -0.384 e. The highest BCUT2D eigenvalue weighted by atomic mass is 35.5. The molecule has 1 amide bonds. The van der Waals surface area contributed by atoms with Gasteiger partial charge in [-0.1, -0.05) is 49.0 Å². The summed E-state index contributed by atoms with van der Waals surface area (Å²) in [7, 11) is 0. The van der Waals surface area contributed by atoms with E-state index in [9.17, 15) is 4.79 Å². The summed E-state index contributed by atoms with van der Waals surface area (Å²) in [5.74, 6) is -0.279. The number of pyridine rings is 1. The third kappa shape index (κ3) is 5.12. The van der Waals surface area contributed by atoms with Gasteiger partial charge < -0.3 is 10.6 Å². The molecule has 0 radical (unpaired) electrons. The van der Waals surface area contributed by atoms with E-state index in [1.807, 2.05) is 0 Å². The van der Waals surface area contributed by atoms with Gasteiger partial charge in [-0.25, -0.2) is 0 Å². The van der Waals surface area contributed by atoms with Gasteiger partial charge in [-0.05, 0) is 24.6 Å². The van der Waals surface area contributed by atoms with Gasteiger partial charge in [0, 0.05) is 18.9 Å². The van der Waals surface area contributed by atoms with E-state index >= 15 is 0 Å². The van der Waals surface area contributed by atoms with Crippen LogP contribution in [0.4, 0.5) is 11.4 Å². The van der Waals surface area contributed by atoms with Crippen LogP contribution in [0.2, 0.25) is 10.0 Å². The van der Waals surface area contributed by atoms with Crippen molar-refractivity contribution < 1.29 is 4.79 Å². The molecule has 6 heteroatoms. The van der Waals surface area contributed by atoms with E-state index in [0.717, 1.165) is 18.7 Å². The van der Waals surface area contributed by atoms with Crippen molar-refractivity contribution in [3.05, 3.63) is 52.3 Å². The molecule has 2 aromatic rings. The maximum absolute atomic E-state index is 12.3. The van der Waals surface area contributed by atoms with E-state index in [1.165, 1.54) is 19.0 Å². The Morgan fingerprint density at radius 2 is 2.04 bits per heavy atom. The van der Waals surface area contributed by atoms with Gasteiger partial charge in [-0.2, -0.15) is 0 Å². The average molecular weight is 352 g/mol. The monoisotopic (exact) mass is 351 g/mol. The first kappa shape index (κ1) is 17.6. The molecule has 23 heavy (non-hydrogen) atoms. The number of carbonyl (C=O) groups excluding carboxylic acids is 1. The summed E-state index contributed by atoms with van der Waals surface area (Å²) < 4.78 is 0. The van der Waals surface area contributed by atoms with Gasteiger partial charge in [0.1, 0.15) is 0 Å². The fraction of sp³-hybridized carbons (Fsp3) is 0.294. The van der Waals surface area contributed by atoms with Crippen LogP contribution in [0.3, 0.4) is 0 Å². The number of halogens is 2. The number of unbranched alkanes of at least 4 members (excludes halogenated alkanes) is 2. The molecule has 0 saturated heterocycles. The number of benzene rings is 1. The second kappa shape index (κ2) is 8.75. The Bertz CT molecular complexity index is 677. The van der Waals surface area contributed by atoms with Crippen molar-refractivity contribution in [2.24, 2.45) is 0 Å². The van der Waals surface area contributed by atoms with Gasteiger partial charge in [0.25, 0.3) is 5.91 Å². The number of hydrogen-bond donors (Lipinski definition) is 2. The first-order valence-corrected chi connectivity index (χ1v) is 8.31. The predicted octanol–water partition coefficient (Wildman–Crippen LogP) is 5.24. The third-order valence-corrected chi connectivity index (χ3v) is 4.13. The molecule has 0 aliphatic carbocycles. The Balaban J connectivity index is 2.03. The van der Waals surface area contributed by atoms with Crippen LogP contribution in [-0.4, -0.2) is 17.4 Å². The van der Waals surface area contributed by atoms with Gasteiger partial charge in [-0.15, -0.1) is 0 Å². The number of aromatic nitrogens is 1. The van der Waals surface area contributed by atoms with Crippen LogP contribution >= 0.6 is 23.2 Å². The zero-order valence-electron chi connectivity index (χ0n) is 12.9. The number of hydrogen-bond acceptors (Lipinski definition) is 3. The minimum atomic E-state index is -0.279. The first-order valence-electron chi connectivity index (χ1n) is 7.56. The molecule has 122 valence electrons. The summed E-state index contributed by atoms with van der Waals surface area (Å²) in [5.41, 5.74) is 1.76. The zero-order valence-corrected chi connectivity index (χ0v) is 14.4. The summed E-state index contributed by atoms with van der Waals surface area (Å²) in [4.78, 5) is 16.4. The van der Waals surface area contributed by atoms with Crippen molar-refractivity contribution in [3.8, 4) is 0 Å². The lowest BCUT2D eigenvalue weighted by Gasteiger charge is -2.10. The highest BCUT2D eigenvalue weighted by Crippen LogP contribution is 2.29. The van der Waals surface area contributed by atoms with Crippen LogP contribution in [0.15, 0.2) is 36.7 Å². The largest absolute Gasteiger partial charge is 0.384 e. The maximum Gasteiger partial charge on any atom is 0.257 e. The molecular weight excluding hydrogens is 333 g/mol. The van der Waals surface area contributed by atoms with Crippen molar-refractivity contribution >= 4 is 40.5 Å². The van der Waals surface area contributed by atoms with Crippen LogP contribution in [0, 0.1) is 0 Å². The van der Waals surface area contributed by atoms with Crippen LogP contribution in [0.5, 0.6) is 0 Å². The first-order chi connectivity index (χ1) is 11.1. The van der Waals surface area contributed by atoms with E-state index in [0.29, 0.717) is 21.3 Å². The van der Waals surface area contributed by atoms with E-state index in [1.54, 1.807) is 30.5 Å².